The lowest BCUT2D eigenvalue weighted by Crippen LogP contribution is -2.49. The molecule has 0 bridgehead atoms. The number of aliphatic hydroxyl groups is 1. The van der Waals surface area contributed by atoms with Crippen LogP contribution < -0.4 is 5.32 Å². The number of hydrogen-bond donors (Lipinski definition) is 2. The van der Waals surface area contributed by atoms with E-state index in [2.05, 4.69) is 10.2 Å². The average Bonchev–Trinajstić information content (AvgIpc) is 2.39. The highest BCUT2D eigenvalue weighted by Gasteiger charge is 2.35. The van der Waals surface area contributed by atoms with Crippen molar-refractivity contribution >= 4 is 11.6 Å². The SMILES string of the molecule is CC(C)(CO)[C@@H](c1cc(F)cc(Cl)c1)N1CCNCC1. The van der Waals surface area contributed by atoms with E-state index >= 15 is 0 Å². The molecule has 0 spiro atoms. The van der Waals surface area contributed by atoms with Crippen LogP contribution >= 0.6 is 11.6 Å². The van der Waals surface area contributed by atoms with E-state index in [1.807, 2.05) is 13.8 Å². The minimum absolute atomic E-state index is 0.0374. The highest BCUT2D eigenvalue weighted by Crippen LogP contribution is 2.39. The molecular weight excluding hydrogens is 279 g/mol. The van der Waals surface area contributed by atoms with Crippen LogP contribution in [0.3, 0.4) is 0 Å². The Labute approximate surface area is 124 Å². The fourth-order valence-electron chi connectivity index (χ4n) is 2.92. The van der Waals surface area contributed by atoms with E-state index in [0.29, 0.717) is 5.02 Å². The lowest BCUT2D eigenvalue weighted by molar-refractivity contribution is 0.0304. The van der Waals surface area contributed by atoms with Crippen molar-refractivity contribution in [3.8, 4) is 0 Å². The standard InChI is InChI=1S/C15H22ClFN2O/c1-15(2,10-20)14(19-5-3-18-4-6-19)11-7-12(16)9-13(17)8-11/h7-9,14,18,20H,3-6,10H2,1-2H3/t14-/m1/s1. The quantitative estimate of drug-likeness (QED) is 0.896. The van der Waals surface area contributed by atoms with Crippen molar-refractivity contribution in [3.63, 3.8) is 0 Å². The molecule has 0 aromatic heterocycles. The zero-order valence-electron chi connectivity index (χ0n) is 12.0. The molecule has 20 heavy (non-hydrogen) atoms. The predicted molar refractivity (Wildman–Crippen MR) is 79.5 cm³/mol. The van der Waals surface area contributed by atoms with Gasteiger partial charge in [-0.25, -0.2) is 4.39 Å². The van der Waals surface area contributed by atoms with Gasteiger partial charge in [0, 0.05) is 49.3 Å². The van der Waals surface area contributed by atoms with E-state index in [1.54, 1.807) is 6.07 Å². The van der Waals surface area contributed by atoms with Crippen LogP contribution in [0, 0.1) is 11.2 Å². The summed E-state index contributed by atoms with van der Waals surface area (Å²) in [5, 5.41) is 13.4. The molecule has 2 rings (SSSR count). The molecule has 0 unspecified atom stereocenters. The van der Waals surface area contributed by atoms with E-state index in [9.17, 15) is 9.50 Å². The van der Waals surface area contributed by atoms with Crippen molar-refractivity contribution in [2.24, 2.45) is 5.41 Å². The molecule has 1 atom stereocenters. The summed E-state index contributed by atoms with van der Waals surface area (Å²) in [6.45, 7) is 7.60. The molecule has 0 saturated carbocycles. The van der Waals surface area contributed by atoms with Gasteiger partial charge in [0.05, 0.1) is 0 Å². The van der Waals surface area contributed by atoms with Crippen LogP contribution in [-0.2, 0) is 0 Å². The number of nitrogens with one attached hydrogen (secondary N) is 1. The summed E-state index contributed by atoms with van der Waals surface area (Å²) in [5.41, 5.74) is 0.463. The fraction of sp³-hybridized carbons (Fsp3) is 0.600. The summed E-state index contributed by atoms with van der Waals surface area (Å²) in [6.07, 6.45) is 0. The molecule has 5 heteroatoms. The molecular formula is C15H22ClFN2O. The van der Waals surface area contributed by atoms with Crippen molar-refractivity contribution < 1.29 is 9.50 Å². The number of rotatable bonds is 4. The van der Waals surface area contributed by atoms with Crippen LogP contribution in [0.1, 0.15) is 25.5 Å². The number of hydrogen-bond acceptors (Lipinski definition) is 3. The zero-order valence-corrected chi connectivity index (χ0v) is 12.8. The summed E-state index contributed by atoms with van der Waals surface area (Å²) in [7, 11) is 0. The van der Waals surface area contributed by atoms with Crippen LogP contribution in [0.15, 0.2) is 18.2 Å². The monoisotopic (exact) mass is 300 g/mol. The Balaban J connectivity index is 2.39. The minimum Gasteiger partial charge on any atom is -0.396 e. The third kappa shape index (κ3) is 3.50. The largest absolute Gasteiger partial charge is 0.396 e. The molecule has 3 nitrogen and oxygen atoms in total. The Morgan fingerprint density at radius 1 is 1.35 bits per heavy atom. The van der Waals surface area contributed by atoms with E-state index in [4.69, 9.17) is 11.6 Å². The van der Waals surface area contributed by atoms with Gasteiger partial charge in [-0.05, 0) is 23.8 Å². The zero-order chi connectivity index (χ0) is 14.8. The second-order valence-electron chi connectivity index (χ2n) is 6.04. The molecule has 1 aliphatic heterocycles. The lowest BCUT2D eigenvalue weighted by Gasteiger charge is -2.43. The number of nitrogens with zero attached hydrogens (tertiary/aromatic N) is 1. The smallest absolute Gasteiger partial charge is 0.125 e. The molecule has 112 valence electrons. The van der Waals surface area contributed by atoms with Crippen LogP contribution in [0.4, 0.5) is 4.39 Å². The van der Waals surface area contributed by atoms with Crippen molar-refractivity contribution in [1.29, 1.82) is 0 Å². The van der Waals surface area contributed by atoms with Crippen LogP contribution in [0.5, 0.6) is 0 Å². The Hall–Kier alpha value is -0.680. The third-order valence-corrected chi connectivity index (χ3v) is 4.08. The maximum atomic E-state index is 13.7. The Morgan fingerprint density at radius 3 is 2.55 bits per heavy atom. The van der Waals surface area contributed by atoms with Crippen LogP contribution in [-0.4, -0.2) is 42.8 Å². The molecule has 2 N–H and O–H groups in total. The number of benzene rings is 1. The predicted octanol–water partition coefficient (Wildman–Crippen LogP) is 2.44. The summed E-state index contributed by atoms with van der Waals surface area (Å²) < 4.78 is 13.7. The number of halogens is 2. The maximum absolute atomic E-state index is 13.7. The summed E-state index contributed by atoms with van der Waals surface area (Å²) >= 11 is 5.99. The highest BCUT2D eigenvalue weighted by molar-refractivity contribution is 6.30. The molecule has 1 heterocycles. The van der Waals surface area contributed by atoms with Crippen LogP contribution in [0.25, 0.3) is 0 Å². The van der Waals surface area contributed by atoms with Crippen molar-refractivity contribution in [2.75, 3.05) is 32.8 Å². The van der Waals surface area contributed by atoms with E-state index in [-0.39, 0.29) is 23.9 Å². The van der Waals surface area contributed by atoms with Crippen molar-refractivity contribution in [2.45, 2.75) is 19.9 Å². The Kier molecular flexibility index (Phi) is 5.02. The second-order valence-corrected chi connectivity index (χ2v) is 6.47. The van der Waals surface area contributed by atoms with E-state index in [0.717, 1.165) is 31.7 Å². The fourth-order valence-corrected chi connectivity index (χ4v) is 3.15. The molecule has 0 radical (unpaired) electrons. The minimum atomic E-state index is -0.367. The average molecular weight is 301 g/mol. The Morgan fingerprint density at radius 2 is 2.00 bits per heavy atom. The maximum Gasteiger partial charge on any atom is 0.125 e. The molecule has 1 fully saturated rings. The number of aliphatic hydroxyl groups excluding tert-OH is 1. The first-order valence-electron chi connectivity index (χ1n) is 6.95. The van der Waals surface area contributed by atoms with Gasteiger partial charge >= 0.3 is 0 Å². The summed E-state index contributed by atoms with van der Waals surface area (Å²) in [4.78, 5) is 2.29. The van der Waals surface area contributed by atoms with Gasteiger partial charge in [0.2, 0.25) is 0 Å². The second kappa shape index (κ2) is 6.39. The van der Waals surface area contributed by atoms with E-state index in [1.165, 1.54) is 12.1 Å². The van der Waals surface area contributed by atoms with Gasteiger partial charge in [-0.2, -0.15) is 0 Å². The highest BCUT2D eigenvalue weighted by atomic mass is 35.5. The number of piperazine rings is 1. The summed E-state index contributed by atoms with van der Waals surface area (Å²) in [5.74, 6) is -0.332. The first-order chi connectivity index (χ1) is 9.44. The molecule has 0 amide bonds. The van der Waals surface area contributed by atoms with Gasteiger partial charge in [0.25, 0.3) is 0 Å². The first kappa shape index (κ1) is 15.7. The molecule has 1 aromatic rings. The van der Waals surface area contributed by atoms with Crippen LogP contribution in [0.2, 0.25) is 5.02 Å². The molecule has 0 aliphatic carbocycles. The molecule has 1 aliphatic rings. The van der Waals surface area contributed by atoms with Gasteiger partial charge < -0.3 is 10.4 Å². The lowest BCUT2D eigenvalue weighted by atomic mass is 9.79. The normalized spacial score (nSPS) is 19.1. The summed E-state index contributed by atoms with van der Waals surface area (Å²) in [6, 6.07) is 4.58. The van der Waals surface area contributed by atoms with Crippen molar-refractivity contribution in [3.05, 3.63) is 34.6 Å². The van der Waals surface area contributed by atoms with Gasteiger partial charge in [-0.1, -0.05) is 25.4 Å². The van der Waals surface area contributed by atoms with Gasteiger partial charge in [0.15, 0.2) is 0 Å². The Bertz CT molecular complexity index is 441. The molecule has 1 saturated heterocycles. The first-order valence-corrected chi connectivity index (χ1v) is 7.33. The van der Waals surface area contributed by atoms with E-state index < -0.39 is 0 Å². The van der Waals surface area contributed by atoms with Gasteiger partial charge in [-0.15, -0.1) is 0 Å². The topological polar surface area (TPSA) is 35.5 Å². The molecule has 1 aromatic carbocycles. The third-order valence-electron chi connectivity index (χ3n) is 3.87. The van der Waals surface area contributed by atoms with Gasteiger partial charge in [-0.3, -0.25) is 4.90 Å². The van der Waals surface area contributed by atoms with Crippen molar-refractivity contribution in [1.82, 2.24) is 10.2 Å². The van der Waals surface area contributed by atoms with Gasteiger partial charge in [0.1, 0.15) is 5.82 Å².